The third-order valence-electron chi connectivity index (χ3n) is 3.33. The van der Waals surface area contributed by atoms with E-state index in [9.17, 15) is 13.2 Å². The molecule has 2 nitrogen and oxygen atoms in total. The summed E-state index contributed by atoms with van der Waals surface area (Å²) in [4.78, 5) is 1.31. The summed E-state index contributed by atoms with van der Waals surface area (Å²) in [6, 6.07) is 5.95. The summed E-state index contributed by atoms with van der Waals surface area (Å²) in [6.07, 6.45) is -4.16. The van der Waals surface area contributed by atoms with Crippen LogP contribution >= 0.6 is 0 Å². The monoisotopic (exact) mass is 288 g/mol. The highest BCUT2D eigenvalue weighted by molar-refractivity contribution is 5.31. The molecule has 1 unspecified atom stereocenters. The molecule has 0 aliphatic rings. The van der Waals surface area contributed by atoms with Gasteiger partial charge in [-0.05, 0) is 44.1 Å². The van der Waals surface area contributed by atoms with Crippen LogP contribution in [-0.4, -0.2) is 37.8 Å². The Balaban J connectivity index is 2.80. The fourth-order valence-corrected chi connectivity index (χ4v) is 2.20. The fourth-order valence-electron chi connectivity index (χ4n) is 2.20. The van der Waals surface area contributed by atoms with Gasteiger partial charge in [0.15, 0.2) is 0 Å². The van der Waals surface area contributed by atoms with Crippen LogP contribution in [0, 0.1) is 13.8 Å². The molecule has 0 saturated heterocycles. The number of hydrogen-bond acceptors (Lipinski definition) is 2. The van der Waals surface area contributed by atoms with E-state index in [0.717, 1.165) is 17.7 Å². The maximum absolute atomic E-state index is 12.4. The summed E-state index contributed by atoms with van der Waals surface area (Å²) in [5.41, 5.74) is 3.38. The molecule has 0 saturated carbocycles. The summed E-state index contributed by atoms with van der Waals surface area (Å²) >= 11 is 0. The van der Waals surface area contributed by atoms with Gasteiger partial charge < -0.3 is 5.32 Å². The van der Waals surface area contributed by atoms with E-state index in [1.807, 2.05) is 39.0 Å². The first-order valence-corrected chi connectivity index (χ1v) is 6.78. The van der Waals surface area contributed by atoms with Gasteiger partial charge in [0, 0.05) is 12.6 Å². The molecule has 20 heavy (non-hydrogen) atoms. The summed E-state index contributed by atoms with van der Waals surface area (Å²) < 4.78 is 37.2. The third kappa shape index (κ3) is 5.51. The lowest BCUT2D eigenvalue weighted by Crippen LogP contribution is -2.38. The number of rotatable bonds is 6. The average Bonchev–Trinajstić information content (AvgIpc) is 2.30. The Labute approximate surface area is 119 Å². The van der Waals surface area contributed by atoms with Gasteiger partial charge in [-0.25, -0.2) is 0 Å². The lowest BCUT2D eigenvalue weighted by atomic mass is 10.0. The highest BCUT2D eigenvalue weighted by Crippen LogP contribution is 2.20. The molecule has 0 aliphatic heterocycles. The van der Waals surface area contributed by atoms with Gasteiger partial charge in [0.1, 0.15) is 0 Å². The molecule has 0 bridgehead atoms. The number of hydrogen-bond donors (Lipinski definition) is 1. The van der Waals surface area contributed by atoms with Crippen LogP contribution in [0.25, 0.3) is 0 Å². The lowest BCUT2D eigenvalue weighted by Gasteiger charge is -2.26. The van der Waals surface area contributed by atoms with Crippen LogP contribution in [0.3, 0.4) is 0 Å². The smallest absolute Gasteiger partial charge is 0.309 e. The van der Waals surface area contributed by atoms with Crippen LogP contribution in [0.15, 0.2) is 18.2 Å². The van der Waals surface area contributed by atoms with E-state index in [1.165, 1.54) is 17.5 Å². The molecule has 5 heteroatoms. The van der Waals surface area contributed by atoms with Crippen molar-refractivity contribution in [2.24, 2.45) is 0 Å². The summed E-state index contributed by atoms with van der Waals surface area (Å²) in [5, 5.41) is 3.25. The molecule has 0 fully saturated rings. The molecular weight excluding hydrogens is 265 g/mol. The predicted octanol–water partition coefficient (Wildman–Crippen LogP) is 3.45. The normalized spacial score (nSPS) is 13.8. The van der Waals surface area contributed by atoms with Crippen molar-refractivity contribution >= 4 is 0 Å². The molecule has 1 aromatic carbocycles. The maximum atomic E-state index is 12.4. The highest BCUT2D eigenvalue weighted by Gasteiger charge is 2.30. The zero-order valence-corrected chi connectivity index (χ0v) is 12.5. The molecule has 1 atom stereocenters. The standard InChI is InChI=1S/C15H23F3N2/c1-5-19-14(9-20(4)10-15(16,17)18)13-7-6-11(2)12(3)8-13/h6-8,14,19H,5,9-10H2,1-4H3. The Kier molecular flexibility index (Phi) is 6.02. The van der Waals surface area contributed by atoms with Crippen molar-refractivity contribution in [3.63, 3.8) is 0 Å². The van der Waals surface area contributed by atoms with E-state index >= 15 is 0 Å². The quantitative estimate of drug-likeness (QED) is 0.862. The number of nitrogens with zero attached hydrogens (tertiary/aromatic N) is 1. The Morgan fingerprint density at radius 1 is 1.20 bits per heavy atom. The van der Waals surface area contributed by atoms with Gasteiger partial charge in [0.2, 0.25) is 0 Å². The molecule has 0 heterocycles. The second-order valence-electron chi connectivity index (χ2n) is 5.27. The molecule has 0 aromatic heterocycles. The van der Waals surface area contributed by atoms with E-state index in [2.05, 4.69) is 5.32 Å². The van der Waals surface area contributed by atoms with Crippen molar-refractivity contribution in [1.82, 2.24) is 10.2 Å². The minimum Gasteiger partial charge on any atom is -0.309 e. The average molecular weight is 288 g/mol. The van der Waals surface area contributed by atoms with Gasteiger partial charge in [0.25, 0.3) is 0 Å². The number of aryl methyl sites for hydroxylation is 2. The SMILES string of the molecule is CCNC(CN(C)CC(F)(F)F)c1ccc(C)c(C)c1. The second-order valence-corrected chi connectivity index (χ2v) is 5.27. The summed E-state index contributed by atoms with van der Waals surface area (Å²) in [7, 11) is 1.50. The van der Waals surface area contributed by atoms with Gasteiger partial charge in [-0.3, -0.25) is 4.90 Å². The number of likely N-dealkylation sites (N-methyl/N-ethyl adjacent to an activating group) is 2. The molecule has 1 N–H and O–H groups in total. The molecule has 1 aromatic rings. The summed E-state index contributed by atoms with van der Waals surface area (Å²) in [6.45, 7) is 6.16. The van der Waals surface area contributed by atoms with Gasteiger partial charge >= 0.3 is 6.18 Å². The van der Waals surface area contributed by atoms with Crippen LogP contribution in [0.1, 0.15) is 29.7 Å². The minimum absolute atomic E-state index is 0.0911. The number of nitrogens with one attached hydrogen (secondary N) is 1. The van der Waals surface area contributed by atoms with E-state index in [-0.39, 0.29) is 6.04 Å². The van der Waals surface area contributed by atoms with Gasteiger partial charge in [-0.1, -0.05) is 25.1 Å². The largest absolute Gasteiger partial charge is 0.401 e. The van der Waals surface area contributed by atoms with Crippen molar-refractivity contribution in [3.05, 3.63) is 34.9 Å². The van der Waals surface area contributed by atoms with Crippen molar-refractivity contribution in [2.45, 2.75) is 33.0 Å². The van der Waals surface area contributed by atoms with Gasteiger partial charge in [-0.15, -0.1) is 0 Å². The van der Waals surface area contributed by atoms with Crippen LogP contribution in [0.2, 0.25) is 0 Å². The zero-order valence-electron chi connectivity index (χ0n) is 12.5. The van der Waals surface area contributed by atoms with Crippen molar-refractivity contribution in [3.8, 4) is 0 Å². The van der Waals surface area contributed by atoms with Gasteiger partial charge in [-0.2, -0.15) is 13.2 Å². The highest BCUT2D eigenvalue weighted by atomic mass is 19.4. The number of benzene rings is 1. The number of halogens is 3. The van der Waals surface area contributed by atoms with Crippen LogP contribution in [0.4, 0.5) is 13.2 Å². The first-order chi connectivity index (χ1) is 9.23. The fraction of sp³-hybridized carbons (Fsp3) is 0.600. The third-order valence-corrected chi connectivity index (χ3v) is 3.33. The number of alkyl halides is 3. The Hall–Kier alpha value is -1.07. The maximum Gasteiger partial charge on any atom is 0.401 e. The van der Waals surface area contributed by atoms with E-state index in [1.54, 1.807) is 0 Å². The molecule has 0 spiro atoms. The van der Waals surface area contributed by atoms with E-state index in [4.69, 9.17) is 0 Å². The first-order valence-electron chi connectivity index (χ1n) is 6.78. The van der Waals surface area contributed by atoms with Crippen molar-refractivity contribution in [2.75, 3.05) is 26.7 Å². The Morgan fingerprint density at radius 2 is 1.85 bits per heavy atom. The minimum atomic E-state index is -4.16. The second kappa shape index (κ2) is 7.09. The zero-order chi connectivity index (χ0) is 15.3. The molecule has 1 rings (SSSR count). The molecule has 114 valence electrons. The Bertz CT molecular complexity index is 430. The molecular formula is C15H23F3N2. The van der Waals surface area contributed by atoms with Crippen molar-refractivity contribution in [1.29, 1.82) is 0 Å². The van der Waals surface area contributed by atoms with Crippen LogP contribution < -0.4 is 5.32 Å². The summed E-state index contributed by atoms with van der Waals surface area (Å²) in [5.74, 6) is 0. The van der Waals surface area contributed by atoms with Crippen LogP contribution in [-0.2, 0) is 0 Å². The Morgan fingerprint density at radius 3 is 2.35 bits per heavy atom. The molecule has 0 radical (unpaired) electrons. The first kappa shape index (κ1) is 17.0. The van der Waals surface area contributed by atoms with Crippen molar-refractivity contribution < 1.29 is 13.2 Å². The van der Waals surface area contributed by atoms with E-state index < -0.39 is 12.7 Å². The van der Waals surface area contributed by atoms with Gasteiger partial charge in [0.05, 0.1) is 6.54 Å². The molecule has 0 amide bonds. The van der Waals surface area contributed by atoms with E-state index in [0.29, 0.717) is 6.54 Å². The lowest BCUT2D eigenvalue weighted by molar-refractivity contribution is -0.143. The predicted molar refractivity (Wildman–Crippen MR) is 75.9 cm³/mol. The van der Waals surface area contributed by atoms with Crippen LogP contribution in [0.5, 0.6) is 0 Å². The molecule has 0 aliphatic carbocycles. The topological polar surface area (TPSA) is 15.3 Å².